The van der Waals surface area contributed by atoms with E-state index in [0.717, 1.165) is 16.6 Å². The van der Waals surface area contributed by atoms with Crippen molar-refractivity contribution in [1.29, 1.82) is 0 Å². The SMILES string of the molecule is CCOC(=O)Cn1c(=O)n(-c2cnc(Br)cc2C)c2c(C)cccc21. The number of aromatic nitrogens is 3. The van der Waals surface area contributed by atoms with Gasteiger partial charge in [-0.2, -0.15) is 0 Å². The lowest BCUT2D eigenvalue weighted by molar-refractivity contribution is -0.143. The number of hydrogen-bond acceptors (Lipinski definition) is 4. The molecule has 6 nitrogen and oxygen atoms in total. The Morgan fingerprint density at radius 3 is 2.72 bits per heavy atom. The maximum atomic E-state index is 13.1. The summed E-state index contributed by atoms with van der Waals surface area (Å²) in [5.41, 5.74) is 3.71. The molecular formula is C18H18BrN3O3. The van der Waals surface area contributed by atoms with Gasteiger partial charge >= 0.3 is 11.7 Å². The van der Waals surface area contributed by atoms with Crippen LogP contribution in [0, 0.1) is 13.8 Å². The second-order valence-electron chi connectivity index (χ2n) is 5.75. The number of carbonyl (C=O) groups excluding carboxylic acids is 1. The minimum atomic E-state index is -0.434. The van der Waals surface area contributed by atoms with Crippen molar-refractivity contribution < 1.29 is 9.53 Å². The predicted octanol–water partition coefficient (Wildman–Crippen LogP) is 3.13. The van der Waals surface area contributed by atoms with Crippen molar-refractivity contribution >= 4 is 32.9 Å². The van der Waals surface area contributed by atoms with Gasteiger partial charge in [-0.3, -0.25) is 13.9 Å². The molecular weight excluding hydrogens is 386 g/mol. The number of para-hydroxylation sites is 1. The van der Waals surface area contributed by atoms with E-state index in [2.05, 4.69) is 20.9 Å². The van der Waals surface area contributed by atoms with Gasteiger partial charge in [-0.15, -0.1) is 0 Å². The Bertz CT molecular complexity index is 1020. The molecule has 2 aromatic heterocycles. The third-order valence-corrected chi connectivity index (χ3v) is 4.47. The van der Waals surface area contributed by atoms with Crippen LogP contribution in [-0.4, -0.2) is 26.7 Å². The monoisotopic (exact) mass is 403 g/mol. The summed E-state index contributed by atoms with van der Waals surface area (Å²) in [7, 11) is 0. The lowest BCUT2D eigenvalue weighted by Gasteiger charge is -2.08. The topological polar surface area (TPSA) is 66.1 Å². The molecule has 0 radical (unpaired) electrons. The molecule has 0 unspecified atom stereocenters. The van der Waals surface area contributed by atoms with Gasteiger partial charge in [0.25, 0.3) is 0 Å². The van der Waals surface area contributed by atoms with Crippen LogP contribution >= 0.6 is 15.9 Å². The molecule has 0 aliphatic heterocycles. The van der Waals surface area contributed by atoms with E-state index in [0.29, 0.717) is 15.8 Å². The van der Waals surface area contributed by atoms with E-state index in [1.54, 1.807) is 17.7 Å². The summed E-state index contributed by atoms with van der Waals surface area (Å²) in [5, 5.41) is 0. The number of pyridine rings is 1. The number of aryl methyl sites for hydroxylation is 2. The fourth-order valence-electron chi connectivity index (χ4n) is 2.93. The van der Waals surface area contributed by atoms with E-state index in [1.165, 1.54) is 4.57 Å². The van der Waals surface area contributed by atoms with Gasteiger partial charge < -0.3 is 4.74 Å². The zero-order valence-electron chi connectivity index (χ0n) is 14.2. The van der Waals surface area contributed by atoms with Crippen molar-refractivity contribution in [3.8, 4) is 5.69 Å². The molecule has 1 aromatic carbocycles. The minimum absolute atomic E-state index is 0.122. The molecule has 2 heterocycles. The molecule has 7 heteroatoms. The van der Waals surface area contributed by atoms with Gasteiger partial charge in [0.15, 0.2) is 0 Å². The Balaban J connectivity index is 2.30. The van der Waals surface area contributed by atoms with Crippen LogP contribution in [0.15, 0.2) is 39.9 Å². The first kappa shape index (κ1) is 17.4. The second kappa shape index (κ2) is 6.84. The molecule has 0 bridgehead atoms. The summed E-state index contributed by atoms with van der Waals surface area (Å²) >= 11 is 3.34. The van der Waals surface area contributed by atoms with Crippen molar-refractivity contribution in [3.63, 3.8) is 0 Å². The molecule has 130 valence electrons. The Kier molecular flexibility index (Phi) is 4.76. The van der Waals surface area contributed by atoms with Crippen LogP contribution in [0.1, 0.15) is 18.1 Å². The summed E-state index contributed by atoms with van der Waals surface area (Å²) in [6.07, 6.45) is 1.65. The fraction of sp³-hybridized carbons (Fsp3) is 0.278. The van der Waals surface area contributed by atoms with Gasteiger partial charge in [0.05, 0.1) is 29.5 Å². The van der Waals surface area contributed by atoms with Crippen LogP contribution in [-0.2, 0) is 16.1 Å². The van der Waals surface area contributed by atoms with Gasteiger partial charge in [-0.1, -0.05) is 12.1 Å². The number of carbonyl (C=O) groups is 1. The van der Waals surface area contributed by atoms with Crippen molar-refractivity contribution in [2.45, 2.75) is 27.3 Å². The molecule has 0 aliphatic rings. The number of benzene rings is 1. The predicted molar refractivity (Wildman–Crippen MR) is 99.1 cm³/mol. The summed E-state index contributed by atoms with van der Waals surface area (Å²) in [4.78, 5) is 29.3. The third kappa shape index (κ3) is 3.11. The van der Waals surface area contributed by atoms with Crippen LogP contribution in [0.5, 0.6) is 0 Å². The zero-order chi connectivity index (χ0) is 18.1. The minimum Gasteiger partial charge on any atom is -0.465 e. The molecule has 0 saturated heterocycles. The van der Waals surface area contributed by atoms with Gasteiger partial charge in [0.2, 0.25) is 0 Å². The first-order valence-corrected chi connectivity index (χ1v) is 8.72. The van der Waals surface area contributed by atoms with Crippen LogP contribution in [0.25, 0.3) is 16.7 Å². The van der Waals surface area contributed by atoms with E-state index >= 15 is 0 Å². The molecule has 0 atom stereocenters. The first-order valence-electron chi connectivity index (χ1n) is 7.93. The number of esters is 1. The largest absolute Gasteiger partial charge is 0.465 e. The highest BCUT2D eigenvalue weighted by molar-refractivity contribution is 9.10. The standard InChI is InChI=1S/C18H18BrN3O3/c1-4-25-16(23)10-21-13-7-5-6-11(2)17(13)22(18(21)24)14-9-20-15(19)8-12(14)3/h5-9H,4,10H2,1-3H3. The summed E-state index contributed by atoms with van der Waals surface area (Å²) < 4.78 is 8.77. The molecule has 0 aliphatic carbocycles. The third-order valence-electron chi connectivity index (χ3n) is 4.04. The van der Waals surface area contributed by atoms with Gasteiger partial charge in [-0.05, 0) is 60.0 Å². The highest BCUT2D eigenvalue weighted by Gasteiger charge is 2.19. The fourth-order valence-corrected chi connectivity index (χ4v) is 3.38. The van der Waals surface area contributed by atoms with Gasteiger partial charge in [-0.25, -0.2) is 9.78 Å². The van der Waals surface area contributed by atoms with Crippen LogP contribution in [0.2, 0.25) is 0 Å². The zero-order valence-corrected chi connectivity index (χ0v) is 15.8. The number of fused-ring (bicyclic) bond motifs is 1. The number of imidazole rings is 1. The smallest absolute Gasteiger partial charge is 0.334 e. The molecule has 3 rings (SSSR count). The lowest BCUT2D eigenvalue weighted by atomic mass is 10.2. The Morgan fingerprint density at radius 1 is 1.28 bits per heavy atom. The van der Waals surface area contributed by atoms with E-state index in [4.69, 9.17) is 4.74 Å². The molecule has 0 saturated carbocycles. The van der Waals surface area contributed by atoms with Crippen LogP contribution in [0.3, 0.4) is 0 Å². The van der Waals surface area contributed by atoms with Gasteiger partial charge in [0, 0.05) is 0 Å². The molecule has 0 fully saturated rings. The Labute approximate surface area is 153 Å². The van der Waals surface area contributed by atoms with Crippen molar-refractivity contribution in [2.24, 2.45) is 0 Å². The summed E-state index contributed by atoms with van der Waals surface area (Å²) in [6.45, 7) is 5.75. The molecule has 3 aromatic rings. The number of rotatable bonds is 4. The number of nitrogens with zero attached hydrogens (tertiary/aromatic N) is 3. The lowest BCUT2D eigenvalue weighted by Crippen LogP contribution is -2.27. The van der Waals surface area contributed by atoms with Crippen LogP contribution < -0.4 is 5.69 Å². The molecule has 25 heavy (non-hydrogen) atoms. The van der Waals surface area contributed by atoms with Gasteiger partial charge in [0.1, 0.15) is 11.1 Å². The average Bonchev–Trinajstić information content (AvgIpc) is 2.82. The first-order chi connectivity index (χ1) is 11.9. The highest BCUT2D eigenvalue weighted by atomic mass is 79.9. The van der Waals surface area contributed by atoms with Crippen molar-refractivity contribution in [3.05, 3.63) is 56.7 Å². The number of ether oxygens (including phenoxy) is 1. The average molecular weight is 404 g/mol. The van der Waals surface area contributed by atoms with E-state index in [1.807, 2.05) is 38.1 Å². The Hall–Kier alpha value is -2.41. The number of hydrogen-bond donors (Lipinski definition) is 0. The van der Waals surface area contributed by atoms with Crippen LogP contribution in [0.4, 0.5) is 0 Å². The maximum absolute atomic E-state index is 13.1. The molecule has 0 N–H and O–H groups in total. The summed E-state index contributed by atoms with van der Waals surface area (Å²) in [5.74, 6) is -0.434. The Morgan fingerprint density at radius 2 is 2.04 bits per heavy atom. The molecule has 0 spiro atoms. The maximum Gasteiger partial charge on any atom is 0.334 e. The number of halogens is 1. The highest BCUT2D eigenvalue weighted by Crippen LogP contribution is 2.24. The normalized spacial score (nSPS) is 11.0. The van der Waals surface area contributed by atoms with E-state index in [-0.39, 0.29) is 18.8 Å². The quantitative estimate of drug-likeness (QED) is 0.495. The van der Waals surface area contributed by atoms with E-state index < -0.39 is 5.97 Å². The second-order valence-corrected chi connectivity index (χ2v) is 6.56. The van der Waals surface area contributed by atoms with E-state index in [9.17, 15) is 9.59 Å². The molecule has 0 amide bonds. The van der Waals surface area contributed by atoms with Crippen molar-refractivity contribution in [1.82, 2.24) is 14.1 Å². The van der Waals surface area contributed by atoms with Crippen molar-refractivity contribution in [2.75, 3.05) is 6.61 Å². The summed E-state index contributed by atoms with van der Waals surface area (Å²) in [6, 6.07) is 7.50.